The van der Waals surface area contributed by atoms with Crippen molar-refractivity contribution in [3.05, 3.63) is 30.1 Å². The van der Waals surface area contributed by atoms with Gasteiger partial charge >= 0.3 is 0 Å². The lowest BCUT2D eigenvalue weighted by Gasteiger charge is -2.34. The Morgan fingerprint density at radius 2 is 2.17 bits per heavy atom. The minimum absolute atomic E-state index is 0.0201. The Balaban J connectivity index is 2.03. The van der Waals surface area contributed by atoms with Gasteiger partial charge in [-0.1, -0.05) is 0 Å². The molecule has 1 heterocycles. The van der Waals surface area contributed by atoms with E-state index in [0.29, 0.717) is 6.54 Å². The van der Waals surface area contributed by atoms with Crippen LogP contribution >= 0.6 is 0 Å². The summed E-state index contributed by atoms with van der Waals surface area (Å²) in [5, 5.41) is 6.04. The Hall–Kier alpha value is -1.62. The molecule has 1 aromatic carbocycles. The van der Waals surface area contributed by atoms with Gasteiger partial charge in [-0.3, -0.25) is 4.79 Å². The predicted molar refractivity (Wildman–Crippen MR) is 69.1 cm³/mol. The van der Waals surface area contributed by atoms with E-state index in [1.807, 2.05) is 11.9 Å². The molecule has 0 bridgehead atoms. The zero-order valence-electron chi connectivity index (χ0n) is 10.4. The number of hydrogen-bond donors (Lipinski definition) is 2. The SMILES string of the molecule is CNCCC1CN(c2ccc(F)cc2)CC(=O)N1. The van der Waals surface area contributed by atoms with Gasteiger partial charge in [-0.05, 0) is 44.3 Å². The number of hydrogen-bond acceptors (Lipinski definition) is 3. The van der Waals surface area contributed by atoms with E-state index in [1.54, 1.807) is 12.1 Å². The topological polar surface area (TPSA) is 44.4 Å². The molecule has 1 saturated heterocycles. The molecular formula is C13H18FN3O. The maximum atomic E-state index is 12.9. The molecule has 5 heteroatoms. The van der Waals surface area contributed by atoms with Crippen molar-refractivity contribution in [3.8, 4) is 0 Å². The van der Waals surface area contributed by atoms with E-state index in [9.17, 15) is 9.18 Å². The largest absolute Gasteiger partial charge is 0.360 e. The number of anilines is 1. The molecule has 0 saturated carbocycles. The van der Waals surface area contributed by atoms with Crippen molar-refractivity contribution in [1.29, 1.82) is 0 Å². The zero-order chi connectivity index (χ0) is 13.0. The van der Waals surface area contributed by atoms with Crippen LogP contribution in [0.15, 0.2) is 24.3 Å². The third-order valence-electron chi connectivity index (χ3n) is 3.07. The number of carbonyl (C=O) groups is 1. The van der Waals surface area contributed by atoms with Gasteiger partial charge in [-0.25, -0.2) is 4.39 Å². The van der Waals surface area contributed by atoms with Crippen molar-refractivity contribution >= 4 is 11.6 Å². The molecular weight excluding hydrogens is 233 g/mol. The normalized spacial score (nSPS) is 19.8. The molecule has 0 aromatic heterocycles. The molecule has 1 aliphatic rings. The maximum absolute atomic E-state index is 12.9. The Morgan fingerprint density at radius 3 is 2.83 bits per heavy atom. The average molecular weight is 251 g/mol. The van der Waals surface area contributed by atoms with E-state index >= 15 is 0 Å². The van der Waals surface area contributed by atoms with Gasteiger partial charge in [0.15, 0.2) is 0 Å². The van der Waals surface area contributed by atoms with Gasteiger partial charge in [-0.2, -0.15) is 0 Å². The van der Waals surface area contributed by atoms with E-state index in [4.69, 9.17) is 0 Å². The van der Waals surface area contributed by atoms with Crippen LogP contribution in [0.4, 0.5) is 10.1 Å². The molecule has 1 aromatic rings. The monoisotopic (exact) mass is 251 g/mol. The van der Waals surface area contributed by atoms with Crippen LogP contribution in [0.1, 0.15) is 6.42 Å². The van der Waals surface area contributed by atoms with Gasteiger partial charge in [0, 0.05) is 18.3 Å². The quantitative estimate of drug-likeness (QED) is 0.829. The number of amides is 1. The van der Waals surface area contributed by atoms with E-state index in [2.05, 4.69) is 10.6 Å². The first-order valence-corrected chi connectivity index (χ1v) is 6.13. The molecule has 1 amide bonds. The second-order valence-corrected chi connectivity index (χ2v) is 4.51. The molecule has 0 spiro atoms. The lowest BCUT2D eigenvalue weighted by atomic mass is 10.1. The highest BCUT2D eigenvalue weighted by atomic mass is 19.1. The molecule has 98 valence electrons. The van der Waals surface area contributed by atoms with E-state index in [-0.39, 0.29) is 17.8 Å². The van der Waals surface area contributed by atoms with Crippen LogP contribution in [-0.2, 0) is 4.79 Å². The smallest absolute Gasteiger partial charge is 0.239 e. The van der Waals surface area contributed by atoms with Crippen LogP contribution in [0.25, 0.3) is 0 Å². The van der Waals surface area contributed by atoms with Gasteiger partial charge in [-0.15, -0.1) is 0 Å². The molecule has 1 fully saturated rings. The summed E-state index contributed by atoms with van der Waals surface area (Å²) in [6, 6.07) is 6.41. The van der Waals surface area contributed by atoms with Crippen molar-refractivity contribution in [2.24, 2.45) is 0 Å². The van der Waals surface area contributed by atoms with Crippen LogP contribution in [-0.4, -0.2) is 38.6 Å². The minimum atomic E-state index is -0.257. The third kappa shape index (κ3) is 3.20. The van der Waals surface area contributed by atoms with Crippen LogP contribution in [0.3, 0.4) is 0 Å². The molecule has 2 N–H and O–H groups in total. The fourth-order valence-corrected chi connectivity index (χ4v) is 2.15. The van der Waals surface area contributed by atoms with Gasteiger partial charge < -0.3 is 15.5 Å². The summed E-state index contributed by atoms with van der Waals surface area (Å²) in [6.45, 7) is 1.96. The van der Waals surface area contributed by atoms with Gasteiger partial charge in [0.1, 0.15) is 5.82 Å². The summed E-state index contributed by atoms with van der Waals surface area (Å²) in [5.41, 5.74) is 0.890. The number of benzene rings is 1. The second kappa shape index (κ2) is 5.82. The number of piperazine rings is 1. The van der Waals surface area contributed by atoms with Crippen molar-refractivity contribution in [2.45, 2.75) is 12.5 Å². The first-order valence-electron chi connectivity index (χ1n) is 6.13. The standard InChI is InChI=1S/C13H18FN3O/c1-15-7-6-11-8-17(9-13(18)16-11)12-4-2-10(14)3-5-12/h2-5,11,15H,6-9H2,1H3,(H,16,18). The fraction of sp³-hybridized carbons (Fsp3) is 0.462. The lowest BCUT2D eigenvalue weighted by Crippen LogP contribution is -2.54. The van der Waals surface area contributed by atoms with Crippen LogP contribution in [0.5, 0.6) is 0 Å². The van der Waals surface area contributed by atoms with Crippen molar-refractivity contribution < 1.29 is 9.18 Å². The van der Waals surface area contributed by atoms with Crippen LogP contribution in [0.2, 0.25) is 0 Å². The Bertz CT molecular complexity index is 407. The minimum Gasteiger partial charge on any atom is -0.360 e. The summed E-state index contributed by atoms with van der Waals surface area (Å²) in [7, 11) is 1.89. The summed E-state index contributed by atoms with van der Waals surface area (Å²) >= 11 is 0. The highest BCUT2D eigenvalue weighted by Crippen LogP contribution is 2.17. The molecule has 1 aliphatic heterocycles. The Morgan fingerprint density at radius 1 is 1.44 bits per heavy atom. The maximum Gasteiger partial charge on any atom is 0.239 e. The summed E-state index contributed by atoms with van der Waals surface area (Å²) < 4.78 is 12.9. The van der Waals surface area contributed by atoms with Crippen molar-refractivity contribution in [2.75, 3.05) is 31.6 Å². The summed E-state index contributed by atoms with van der Waals surface area (Å²) in [4.78, 5) is 13.6. The average Bonchev–Trinajstić information content (AvgIpc) is 2.36. The predicted octanol–water partition coefficient (Wildman–Crippen LogP) is 0.740. The highest BCUT2D eigenvalue weighted by Gasteiger charge is 2.24. The fourth-order valence-electron chi connectivity index (χ4n) is 2.15. The molecule has 0 aliphatic carbocycles. The first-order chi connectivity index (χ1) is 8.69. The second-order valence-electron chi connectivity index (χ2n) is 4.51. The Kier molecular flexibility index (Phi) is 4.15. The zero-order valence-corrected chi connectivity index (χ0v) is 10.4. The molecule has 18 heavy (non-hydrogen) atoms. The number of nitrogens with one attached hydrogen (secondary N) is 2. The van der Waals surface area contributed by atoms with E-state index in [0.717, 1.165) is 25.2 Å². The van der Waals surface area contributed by atoms with Crippen molar-refractivity contribution in [3.63, 3.8) is 0 Å². The highest BCUT2D eigenvalue weighted by molar-refractivity contribution is 5.83. The van der Waals surface area contributed by atoms with Crippen LogP contribution < -0.4 is 15.5 Å². The van der Waals surface area contributed by atoms with Crippen LogP contribution in [0, 0.1) is 5.82 Å². The molecule has 1 unspecified atom stereocenters. The molecule has 1 atom stereocenters. The van der Waals surface area contributed by atoms with E-state index in [1.165, 1.54) is 12.1 Å². The lowest BCUT2D eigenvalue weighted by molar-refractivity contribution is -0.121. The van der Waals surface area contributed by atoms with Gasteiger partial charge in [0.2, 0.25) is 5.91 Å². The number of halogens is 1. The molecule has 4 nitrogen and oxygen atoms in total. The summed E-state index contributed by atoms with van der Waals surface area (Å²) in [5.74, 6) is -0.237. The third-order valence-corrected chi connectivity index (χ3v) is 3.07. The van der Waals surface area contributed by atoms with Gasteiger partial charge in [0.25, 0.3) is 0 Å². The van der Waals surface area contributed by atoms with E-state index < -0.39 is 0 Å². The van der Waals surface area contributed by atoms with Crippen molar-refractivity contribution in [1.82, 2.24) is 10.6 Å². The van der Waals surface area contributed by atoms with Gasteiger partial charge in [0.05, 0.1) is 6.54 Å². The number of carbonyl (C=O) groups excluding carboxylic acids is 1. The number of nitrogens with zero attached hydrogens (tertiary/aromatic N) is 1. The molecule has 0 radical (unpaired) electrons. The summed E-state index contributed by atoms with van der Waals surface area (Å²) in [6.07, 6.45) is 0.889. The first kappa shape index (κ1) is 12.8. The molecule has 2 rings (SSSR count). The number of rotatable bonds is 4. The Labute approximate surface area is 106 Å².